The van der Waals surface area contributed by atoms with E-state index < -0.39 is 11.9 Å². The lowest BCUT2D eigenvalue weighted by atomic mass is 9.93. The molecule has 0 spiro atoms. The molecule has 3 heterocycles. The van der Waals surface area contributed by atoms with Crippen molar-refractivity contribution in [1.29, 1.82) is 5.26 Å². The van der Waals surface area contributed by atoms with Crippen LogP contribution in [0.3, 0.4) is 0 Å². The third-order valence-corrected chi connectivity index (χ3v) is 6.83. The number of ether oxygens (including phenoxy) is 1. The van der Waals surface area contributed by atoms with E-state index in [1.54, 1.807) is 29.2 Å². The molecule has 1 aromatic carbocycles. The summed E-state index contributed by atoms with van der Waals surface area (Å²) < 4.78 is 24.1. The molecule has 198 valence electrons. The van der Waals surface area contributed by atoms with E-state index in [1.165, 1.54) is 6.07 Å². The lowest BCUT2D eigenvalue weighted by molar-refractivity contribution is 0.0783. The average molecular weight is 520 g/mol. The van der Waals surface area contributed by atoms with Crippen molar-refractivity contribution in [3.05, 3.63) is 54.2 Å². The minimum Gasteiger partial charge on any atom is -0.487 e. The maximum absolute atomic E-state index is 14.5. The molecule has 38 heavy (non-hydrogen) atoms. The molecule has 0 bridgehead atoms. The van der Waals surface area contributed by atoms with Crippen molar-refractivity contribution in [2.45, 2.75) is 57.4 Å². The number of nitrogens with one attached hydrogen (secondary N) is 1. The second-order valence-corrected chi connectivity index (χ2v) is 9.48. The Balaban J connectivity index is 1.39. The van der Waals surface area contributed by atoms with Gasteiger partial charge in [-0.05, 0) is 44.7 Å². The molecule has 4 aromatic rings. The van der Waals surface area contributed by atoms with Crippen LogP contribution in [0.5, 0.6) is 5.75 Å². The third kappa shape index (κ3) is 5.18. The summed E-state index contributed by atoms with van der Waals surface area (Å²) in [4.78, 5) is 4.55. The van der Waals surface area contributed by atoms with Crippen LogP contribution in [0.25, 0.3) is 22.2 Å². The number of aliphatic hydroxyl groups excluding tert-OH is 2. The van der Waals surface area contributed by atoms with Crippen LogP contribution in [0.4, 0.5) is 10.2 Å². The van der Waals surface area contributed by atoms with Crippen LogP contribution >= 0.6 is 0 Å². The number of aromatic nitrogens is 5. The van der Waals surface area contributed by atoms with Gasteiger partial charge in [0.15, 0.2) is 11.6 Å². The van der Waals surface area contributed by atoms with E-state index in [0.29, 0.717) is 0 Å². The number of rotatable bonds is 9. The predicted molar refractivity (Wildman–Crippen MR) is 139 cm³/mol. The molecule has 0 aliphatic heterocycles. The first-order chi connectivity index (χ1) is 18.5. The standard InChI is InChI=1S/C27H30FN7O3/c1-2-30-25-10-23-22(13-31-25)27(18-12-32-34(14-18)15-20(37)16-36)33-35(23)19-6-8-21(9-7-19)38-24-5-3-4-17(11-29)26(24)28/h3-5,10,12-14,19-21,36-37H,2,6-9,15-16H2,1H3,(H,30,31)/t19?,20-,21?/m1/s1. The van der Waals surface area contributed by atoms with Gasteiger partial charge >= 0.3 is 0 Å². The molecule has 3 aromatic heterocycles. The second kappa shape index (κ2) is 11.2. The van der Waals surface area contributed by atoms with Crippen LogP contribution in [0.15, 0.2) is 42.9 Å². The van der Waals surface area contributed by atoms with Crippen LogP contribution in [0.2, 0.25) is 0 Å². The van der Waals surface area contributed by atoms with Crippen molar-refractivity contribution < 1.29 is 19.3 Å². The molecule has 1 saturated carbocycles. The second-order valence-electron chi connectivity index (χ2n) is 9.48. The Labute approximate surface area is 219 Å². The van der Waals surface area contributed by atoms with Gasteiger partial charge in [-0.25, -0.2) is 9.37 Å². The fraction of sp³-hybridized carbons (Fsp3) is 0.407. The summed E-state index contributed by atoms with van der Waals surface area (Å²) >= 11 is 0. The topological polar surface area (TPSA) is 134 Å². The van der Waals surface area contributed by atoms with Crippen molar-refractivity contribution in [2.75, 3.05) is 18.5 Å². The van der Waals surface area contributed by atoms with Crippen LogP contribution < -0.4 is 10.1 Å². The zero-order valence-corrected chi connectivity index (χ0v) is 21.1. The van der Waals surface area contributed by atoms with E-state index in [9.17, 15) is 9.50 Å². The highest BCUT2D eigenvalue weighted by Gasteiger charge is 2.28. The van der Waals surface area contributed by atoms with E-state index >= 15 is 0 Å². The van der Waals surface area contributed by atoms with Gasteiger partial charge < -0.3 is 20.3 Å². The van der Waals surface area contributed by atoms with Gasteiger partial charge in [0.25, 0.3) is 0 Å². The van der Waals surface area contributed by atoms with Crippen LogP contribution in [0, 0.1) is 17.1 Å². The predicted octanol–water partition coefficient (Wildman–Crippen LogP) is 3.65. The molecule has 3 N–H and O–H groups in total. The van der Waals surface area contributed by atoms with Gasteiger partial charge in [-0.15, -0.1) is 0 Å². The van der Waals surface area contributed by atoms with E-state index in [-0.39, 0.29) is 36.6 Å². The van der Waals surface area contributed by atoms with Crippen molar-refractivity contribution in [3.63, 3.8) is 0 Å². The summed E-state index contributed by atoms with van der Waals surface area (Å²) in [7, 11) is 0. The Bertz CT molecular complexity index is 1450. The minimum absolute atomic E-state index is 0.0222. The van der Waals surface area contributed by atoms with E-state index in [2.05, 4.69) is 15.4 Å². The van der Waals surface area contributed by atoms with Crippen molar-refractivity contribution in [1.82, 2.24) is 24.5 Å². The zero-order valence-electron chi connectivity index (χ0n) is 21.1. The lowest BCUT2D eigenvalue weighted by Crippen LogP contribution is -2.26. The van der Waals surface area contributed by atoms with Gasteiger partial charge in [-0.2, -0.15) is 15.5 Å². The summed E-state index contributed by atoms with van der Waals surface area (Å²) in [6, 6.07) is 8.60. The quantitative estimate of drug-likeness (QED) is 0.305. The monoisotopic (exact) mass is 519 g/mol. The maximum Gasteiger partial charge on any atom is 0.182 e. The molecular formula is C27H30FN7O3. The maximum atomic E-state index is 14.5. The normalized spacial score (nSPS) is 18.3. The van der Waals surface area contributed by atoms with E-state index in [1.807, 2.05) is 29.9 Å². The number of hydrogen-bond acceptors (Lipinski definition) is 8. The molecule has 1 fully saturated rings. The third-order valence-electron chi connectivity index (χ3n) is 6.83. The van der Waals surface area contributed by atoms with Crippen molar-refractivity contribution in [3.8, 4) is 23.1 Å². The summed E-state index contributed by atoms with van der Waals surface area (Å²) in [5.74, 6) is 0.263. The van der Waals surface area contributed by atoms with Gasteiger partial charge in [0.1, 0.15) is 17.6 Å². The van der Waals surface area contributed by atoms with Crippen LogP contribution in [-0.2, 0) is 6.54 Å². The Morgan fingerprint density at radius 1 is 1.26 bits per heavy atom. The van der Waals surface area contributed by atoms with Crippen LogP contribution in [0.1, 0.15) is 44.2 Å². The van der Waals surface area contributed by atoms with Crippen molar-refractivity contribution in [2.24, 2.45) is 0 Å². The number of pyridine rings is 1. The Morgan fingerprint density at radius 3 is 2.82 bits per heavy atom. The summed E-state index contributed by atoms with van der Waals surface area (Å²) in [5.41, 5.74) is 2.47. The number of nitrogens with zero attached hydrogens (tertiary/aromatic N) is 6. The average Bonchev–Trinajstić information content (AvgIpc) is 3.55. The molecule has 0 saturated heterocycles. The first-order valence-electron chi connectivity index (χ1n) is 12.8. The van der Waals surface area contributed by atoms with Gasteiger partial charge in [-0.1, -0.05) is 6.07 Å². The molecule has 10 nitrogen and oxygen atoms in total. The largest absolute Gasteiger partial charge is 0.487 e. The highest BCUT2D eigenvalue weighted by molar-refractivity contribution is 5.93. The minimum atomic E-state index is -0.894. The molecule has 0 radical (unpaired) electrons. The molecule has 11 heteroatoms. The first-order valence-corrected chi connectivity index (χ1v) is 12.8. The molecule has 1 atom stereocenters. The smallest absolute Gasteiger partial charge is 0.182 e. The number of halogens is 1. The number of nitriles is 1. The van der Waals surface area contributed by atoms with Gasteiger partial charge in [0, 0.05) is 36.0 Å². The summed E-state index contributed by atoms with van der Waals surface area (Å²) in [5, 5.41) is 41.5. The summed E-state index contributed by atoms with van der Waals surface area (Å²) in [6.45, 7) is 2.60. The highest BCUT2D eigenvalue weighted by Crippen LogP contribution is 2.37. The summed E-state index contributed by atoms with van der Waals surface area (Å²) in [6.07, 6.45) is 7.30. The van der Waals surface area contributed by atoms with Crippen molar-refractivity contribution >= 4 is 16.7 Å². The van der Waals surface area contributed by atoms with Crippen LogP contribution in [-0.4, -0.2) is 60.1 Å². The highest BCUT2D eigenvalue weighted by atomic mass is 19.1. The molecule has 1 aliphatic rings. The Morgan fingerprint density at radius 2 is 2.08 bits per heavy atom. The van der Waals surface area contributed by atoms with E-state index in [4.69, 9.17) is 20.2 Å². The fourth-order valence-corrected chi connectivity index (χ4v) is 4.94. The number of hydrogen-bond donors (Lipinski definition) is 3. The van der Waals surface area contributed by atoms with E-state index in [0.717, 1.165) is 60.2 Å². The molecule has 0 amide bonds. The van der Waals surface area contributed by atoms with Gasteiger partial charge in [0.2, 0.25) is 0 Å². The molecule has 5 rings (SSSR count). The fourth-order valence-electron chi connectivity index (χ4n) is 4.94. The van der Waals surface area contributed by atoms with Gasteiger partial charge in [-0.3, -0.25) is 9.36 Å². The number of benzene rings is 1. The molecule has 1 aliphatic carbocycles. The number of anilines is 1. The Kier molecular flexibility index (Phi) is 7.53. The number of fused-ring (bicyclic) bond motifs is 1. The zero-order chi connectivity index (χ0) is 26.6. The molecular weight excluding hydrogens is 489 g/mol. The first kappa shape index (κ1) is 25.6. The Hall–Kier alpha value is -4.01. The number of aliphatic hydroxyl groups is 2. The lowest BCUT2D eigenvalue weighted by Gasteiger charge is -2.29. The van der Waals surface area contributed by atoms with Gasteiger partial charge in [0.05, 0.1) is 48.7 Å². The SMILES string of the molecule is CCNc1cc2c(cn1)c(-c1cnn(C[C@@H](O)CO)c1)nn2C1CCC(Oc2cccc(C#N)c2F)CC1. The molecule has 0 unspecified atom stereocenters.